The number of amides is 2. The Labute approximate surface area is 200 Å². The molecule has 0 fully saturated rings. The summed E-state index contributed by atoms with van der Waals surface area (Å²) in [5.41, 5.74) is 2.05. The highest BCUT2D eigenvalue weighted by Crippen LogP contribution is 2.39. The molecule has 9 nitrogen and oxygen atoms in total. The van der Waals surface area contributed by atoms with Crippen LogP contribution in [0.15, 0.2) is 36.4 Å². The van der Waals surface area contributed by atoms with E-state index in [1.54, 1.807) is 18.2 Å². The van der Waals surface area contributed by atoms with Gasteiger partial charge < -0.3 is 24.3 Å². The van der Waals surface area contributed by atoms with Crippen LogP contribution >= 0.6 is 11.3 Å². The van der Waals surface area contributed by atoms with Gasteiger partial charge in [-0.1, -0.05) is 6.07 Å². The van der Waals surface area contributed by atoms with Gasteiger partial charge in [-0.2, -0.15) is 0 Å². The Bertz CT molecular complexity index is 1240. The number of carbonyl (C=O) groups is 2. The molecule has 10 heteroatoms. The van der Waals surface area contributed by atoms with Crippen LogP contribution in [0.2, 0.25) is 0 Å². The van der Waals surface area contributed by atoms with Crippen molar-refractivity contribution in [3.8, 4) is 23.0 Å². The lowest BCUT2D eigenvalue weighted by Crippen LogP contribution is -2.28. The zero-order valence-electron chi connectivity index (χ0n) is 18.7. The molecule has 0 spiro atoms. The number of nitrogens with one attached hydrogen (secondary N) is 2. The van der Waals surface area contributed by atoms with Crippen LogP contribution < -0.4 is 29.6 Å². The van der Waals surface area contributed by atoms with Crippen LogP contribution in [0.1, 0.15) is 38.8 Å². The first-order chi connectivity index (χ1) is 16.5. The second kappa shape index (κ2) is 9.22. The van der Waals surface area contributed by atoms with E-state index in [0.29, 0.717) is 46.7 Å². The van der Waals surface area contributed by atoms with Gasteiger partial charge in [0, 0.05) is 23.1 Å². The molecular formula is C24H23N3O6S. The third-order valence-corrected chi connectivity index (χ3v) is 6.82. The number of rotatable bonds is 7. The van der Waals surface area contributed by atoms with E-state index in [1.807, 2.05) is 18.2 Å². The molecule has 2 aromatic carbocycles. The summed E-state index contributed by atoms with van der Waals surface area (Å²) in [5, 5.41) is 6.28. The molecule has 5 rings (SSSR count). The highest BCUT2D eigenvalue weighted by molar-refractivity contribution is 7.16. The van der Waals surface area contributed by atoms with Crippen molar-refractivity contribution in [2.75, 3.05) is 26.3 Å². The Morgan fingerprint density at radius 3 is 2.62 bits per heavy atom. The van der Waals surface area contributed by atoms with Crippen molar-refractivity contribution in [3.05, 3.63) is 58.1 Å². The highest BCUT2D eigenvalue weighted by Gasteiger charge is 2.33. The molecule has 0 radical (unpaired) electrons. The monoisotopic (exact) mass is 481 g/mol. The number of hydrogen-bond acceptors (Lipinski definition) is 8. The Morgan fingerprint density at radius 2 is 1.85 bits per heavy atom. The Balaban J connectivity index is 1.24. The molecule has 0 bridgehead atoms. The number of aryl methyl sites for hydroxylation is 1. The number of ether oxygens (including phenoxy) is 4. The molecule has 1 aliphatic carbocycles. The fourth-order valence-electron chi connectivity index (χ4n) is 4.01. The van der Waals surface area contributed by atoms with Gasteiger partial charge in [-0.3, -0.25) is 14.9 Å². The average Bonchev–Trinajstić information content (AvgIpc) is 3.57. The largest absolute Gasteiger partial charge is 0.497 e. The van der Waals surface area contributed by atoms with Gasteiger partial charge >= 0.3 is 0 Å². The van der Waals surface area contributed by atoms with E-state index >= 15 is 0 Å². The average molecular weight is 482 g/mol. The quantitative estimate of drug-likeness (QED) is 0.532. The first kappa shape index (κ1) is 22.0. The molecule has 0 saturated carbocycles. The minimum Gasteiger partial charge on any atom is -0.497 e. The van der Waals surface area contributed by atoms with Crippen LogP contribution in [0, 0.1) is 0 Å². The molecule has 2 amide bonds. The van der Waals surface area contributed by atoms with E-state index in [2.05, 4.69) is 15.6 Å². The zero-order chi connectivity index (χ0) is 23.7. The Hall–Kier alpha value is -3.79. The Morgan fingerprint density at radius 1 is 1.09 bits per heavy atom. The lowest BCUT2D eigenvalue weighted by molar-refractivity contribution is -0.122. The van der Waals surface area contributed by atoms with Crippen LogP contribution in [-0.2, 0) is 17.8 Å². The van der Waals surface area contributed by atoms with Crippen molar-refractivity contribution in [1.82, 2.24) is 10.3 Å². The van der Waals surface area contributed by atoms with Crippen LogP contribution in [0.25, 0.3) is 0 Å². The van der Waals surface area contributed by atoms with E-state index in [9.17, 15) is 9.59 Å². The second-order valence-electron chi connectivity index (χ2n) is 7.88. The van der Waals surface area contributed by atoms with Gasteiger partial charge in [0.25, 0.3) is 5.91 Å². The van der Waals surface area contributed by atoms with Gasteiger partial charge in [0.1, 0.15) is 11.5 Å². The van der Waals surface area contributed by atoms with Crippen LogP contribution in [0.3, 0.4) is 0 Å². The maximum absolute atomic E-state index is 12.9. The van der Waals surface area contributed by atoms with Gasteiger partial charge in [-0.15, -0.1) is 11.3 Å². The number of nitrogens with zero attached hydrogens (tertiary/aromatic N) is 1. The molecule has 3 aromatic rings. The van der Waals surface area contributed by atoms with E-state index < -0.39 is 0 Å². The summed E-state index contributed by atoms with van der Waals surface area (Å²) >= 11 is 1.40. The van der Waals surface area contributed by atoms with Crippen molar-refractivity contribution in [2.45, 2.75) is 25.3 Å². The van der Waals surface area contributed by atoms with E-state index in [0.717, 1.165) is 22.6 Å². The third-order valence-electron chi connectivity index (χ3n) is 5.77. The molecule has 176 valence electrons. The van der Waals surface area contributed by atoms with Gasteiger partial charge in [0.2, 0.25) is 12.7 Å². The van der Waals surface area contributed by atoms with Crippen molar-refractivity contribution in [1.29, 1.82) is 0 Å². The molecule has 2 N–H and O–H groups in total. The molecule has 2 heterocycles. The summed E-state index contributed by atoms with van der Waals surface area (Å²) < 4.78 is 21.2. The van der Waals surface area contributed by atoms with Crippen LogP contribution in [0.4, 0.5) is 5.13 Å². The van der Waals surface area contributed by atoms with Crippen molar-refractivity contribution in [2.24, 2.45) is 0 Å². The minimum atomic E-state index is -0.345. The highest BCUT2D eigenvalue weighted by atomic mass is 32.1. The standard InChI is InChI=1S/C24H23N3O6S/c1-30-15-8-14(9-16(10-15)31-2)22(28)27-24-26-21-17(4-6-20(21)34-24)23(29)25-11-13-3-5-18-19(7-13)33-12-32-18/h3,5,7-10,17H,4,6,11-12H2,1-2H3,(H,25,29)(H,26,27,28). The number of thiazole rings is 1. The van der Waals surface area contributed by atoms with E-state index in [-0.39, 0.29) is 24.5 Å². The van der Waals surface area contributed by atoms with Gasteiger partial charge in [-0.25, -0.2) is 4.98 Å². The van der Waals surface area contributed by atoms with Crippen molar-refractivity contribution < 1.29 is 28.5 Å². The summed E-state index contributed by atoms with van der Waals surface area (Å²) in [6, 6.07) is 10.6. The van der Waals surface area contributed by atoms with E-state index in [1.165, 1.54) is 25.6 Å². The summed E-state index contributed by atoms with van der Waals surface area (Å²) in [7, 11) is 3.05. The van der Waals surface area contributed by atoms with Gasteiger partial charge in [0.15, 0.2) is 16.6 Å². The minimum absolute atomic E-state index is 0.0860. The number of methoxy groups -OCH3 is 2. The summed E-state index contributed by atoms with van der Waals surface area (Å²) in [5.74, 6) is 1.67. The normalized spacial score (nSPS) is 15.5. The molecule has 34 heavy (non-hydrogen) atoms. The second-order valence-corrected chi connectivity index (χ2v) is 8.96. The van der Waals surface area contributed by atoms with E-state index in [4.69, 9.17) is 18.9 Å². The summed E-state index contributed by atoms with van der Waals surface area (Å²) in [4.78, 5) is 31.3. The molecule has 1 aromatic heterocycles. The van der Waals surface area contributed by atoms with Crippen LogP contribution in [-0.4, -0.2) is 37.8 Å². The smallest absolute Gasteiger partial charge is 0.257 e. The lowest BCUT2D eigenvalue weighted by atomic mass is 10.1. The first-order valence-corrected chi connectivity index (χ1v) is 11.6. The number of aromatic nitrogens is 1. The number of benzene rings is 2. The summed E-state index contributed by atoms with van der Waals surface area (Å²) in [6.07, 6.45) is 1.44. The molecular weight excluding hydrogens is 458 g/mol. The molecule has 1 aliphatic heterocycles. The van der Waals surface area contributed by atoms with Crippen LogP contribution in [0.5, 0.6) is 23.0 Å². The topological polar surface area (TPSA) is 108 Å². The zero-order valence-corrected chi connectivity index (χ0v) is 19.5. The molecule has 1 unspecified atom stereocenters. The predicted molar refractivity (Wildman–Crippen MR) is 125 cm³/mol. The van der Waals surface area contributed by atoms with Gasteiger partial charge in [-0.05, 0) is 42.7 Å². The fraction of sp³-hybridized carbons (Fsp3) is 0.292. The molecule has 1 atom stereocenters. The molecule has 2 aliphatic rings. The van der Waals surface area contributed by atoms with Gasteiger partial charge in [0.05, 0.1) is 25.8 Å². The SMILES string of the molecule is COc1cc(OC)cc(C(=O)Nc2nc3c(s2)CCC3C(=O)NCc2ccc3c(c2)OCO3)c1. The third kappa shape index (κ3) is 4.36. The number of anilines is 1. The first-order valence-electron chi connectivity index (χ1n) is 10.7. The Kier molecular flexibility index (Phi) is 5.97. The van der Waals surface area contributed by atoms with Crippen molar-refractivity contribution >= 4 is 28.3 Å². The lowest BCUT2D eigenvalue weighted by Gasteiger charge is -2.11. The summed E-state index contributed by atoms with van der Waals surface area (Å²) in [6.45, 7) is 0.594. The maximum Gasteiger partial charge on any atom is 0.257 e. The predicted octanol–water partition coefficient (Wildman–Crippen LogP) is 3.49. The van der Waals surface area contributed by atoms with Crippen molar-refractivity contribution in [3.63, 3.8) is 0 Å². The maximum atomic E-state index is 12.9. The number of carbonyl (C=O) groups excluding carboxylic acids is 2. The number of fused-ring (bicyclic) bond motifs is 2. The molecule has 0 saturated heterocycles. The fourth-order valence-corrected chi connectivity index (χ4v) is 5.04. The number of hydrogen-bond donors (Lipinski definition) is 2.